The summed E-state index contributed by atoms with van der Waals surface area (Å²) in [6.07, 6.45) is 3.19. The van der Waals surface area contributed by atoms with Crippen molar-refractivity contribution in [3.63, 3.8) is 0 Å². The van der Waals surface area contributed by atoms with Crippen molar-refractivity contribution in [2.75, 3.05) is 0 Å². The topological polar surface area (TPSA) is 75.1 Å². The Kier molecular flexibility index (Phi) is 3.75. The van der Waals surface area contributed by atoms with Gasteiger partial charge in [0.2, 0.25) is 0 Å². The second kappa shape index (κ2) is 5.69. The van der Waals surface area contributed by atoms with E-state index < -0.39 is 6.09 Å². The fraction of sp³-hybridized carbons (Fsp3) is 0.267. The minimum Gasteiger partial charge on any atom is -0.465 e. The van der Waals surface area contributed by atoms with E-state index in [1.165, 1.54) is 6.33 Å². The van der Waals surface area contributed by atoms with Crippen molar-refractivity contribution in [1.29, 1.82) is 0 Å². The highest BCUT2D eigenvalue weighted by molar-refractivity contribution is 6.29. The molecule has 2 N–H and O–H groups in total. The summed E-state index contributed by atoms with van der Waals surface area (Å²) in [6, 6.07) is 7.57. The fourth-order valence-electron chi connectivity index (χ4n) is 2.76. The first-order valence-electron chi connectivity index (χ1n) is 6.73. The molecular formula is C15H14ClN3O2. The number of benzene rings is 1. The molecule has 1 unspecified atom stereocenters. The smallest absolute Gasteiger partial charge is 0.405 e. The van der Waals surface area contributed by atoms with Gasteiger partial charge in [0.05, 0.1) is 11.7 Å². The number of hydrogen-bond acceptors (Lipinski definition) is 3. The van der Waals surface area contributed by atoms with E-state index in [1.807, 2.05) is 12.1 Å². The summed E-state index contributed by atoms with van der Waals surface area (Å²) < 4.78 is 0. The maximum Gasteiger partial charge on any atom is 0.405 e. The Morgan fingerprint density at radius 3 is 2.95 bits per heavy atom. The molecule has 21 heavy (non-hydrogen) atoms. The van der Waals surface area contributed by atoms with Gasteiger partial charge in [-0.25, -0.2) is 14.8 Å². The van der Waals surface area contributed by atoms with Crippen LogP contribution in [0.25, 0.3) is 11.3 Å². The molecule has 5 nitrogen and oxygen atoms in total. The Labute approximate surface area is 127 Å². The van der Waals surface area contributed by atoms with Crippen LogP contribution in [-0.4, -0.2) is 21.2 Å². The Bertz CT molecular complexity index is 690. The zero-order chi connectivity index (χ0) is 14.8. The van der Waals surface area contributed by atoms with Crippen molar-refractivity contribution < 1.29 is 9.90 Å². The molecule has 1 amide bonds. The molecule has 0 spiro atoms. The predicted molar refractivity (Wildman–Crippen MR) is 79.3 cm³/mol. The van der Waals surface area contributed by atoms with E-state index >= 15 is 0 Å². The first kappa shape index (κ1) is 13.8. The van der Waals surface area contributed by atoms with Crippen LogP contribution in [0, 0.1) is 0 Å². The average molecular weight is 304 g/mol. The van der Waals surface area contributed by atoms with Crippen molar-refractivity contribution in [1.82, 2.24) is 15.3 Å². The number of nitrogens with zero attached hydrogens (tertiary/aromatic N) is 2. The van der Waals surface area contributed by atoms with Gasteiger partial charge in [-0.3, -0.25) is 0 Å². The van der Waals surface area contributed by atoms with E-state index in [1.54, 1.807) is 6.07 Å². The number of carbonyl (C=O) groups is 1. The molecule has 2 aromatic rings. The van der Waals surface area contributed by atoms with Crippen molar-refractivity contribution in [2.45, 2.75) is 25.3 Å². The van der Waals surface area contributed by atoms with Crippen LogP contribution in [-0.2, 0) is 6.42 Å². The molecule has 3 rings (SSSR count). The summed E-state index contributed by atoms with van der Waals surface area (Å²) in [7, 11) is 0. The van der Waals surface area contributed by atoms with Crippen LogP contribution < -0.4 is 5.32 Å². The maximum atomic E-state index is 10.9. The van der Waals surface area contributed by atoms with Crippen molar-refractivity contribution in [3.05, 3.63) is 46.9 Å². The minimum absolute atomic E-state index is 0.130. The van der Waals surface area contributed by atoms with Crippen LogP contribution in [0.2, 0.25) is 5.15 Å². The lowest BCUT2D eigenvalue weighted by atomic mass is 9.86. The SMILES string of the molecule is O=C(O)NC1CCCc2cc(-c3cc(Cl)ncn3)ccc21. The predicted octanol–water partition coefficient (Wildman–Crippen LogP) is 3.44. The molecule has 1 atom stereocenters. The highest BCUT2D eigenvalue weighted by atomic mass is 35.5. The summed E-state index contributed by atoms with van der Waals surface area (Å²) in [6.45, 7) is 0. The van der Waals surface area contributed by atoms with Gasteiger partial charge in [0.1, 0.15) is 11.5 Å². The van der Waals surface area contributed by atoms with Crippen LogP contribution in [0.3, 0.4) is 0 Å². The highest BCUT2D eigenvalue weighted by Crippen LogP contribution is 2.32. The third-order valence-electron chi connectivity index (χ3n) is 3.68. The molecule has 1 aliphatic carbocycles. The number of aryl methyl sites for hydroxylation is 1. The van der Waals surface area contributed by atoms with Crippen molar-refractivity contribution >= 4 is 17.7 Å². The standard InChI is InChI=1S/C15H14ClN3O2/c16-14-7-13(17-8-18-14)10-4-5-11-9(6-10)2-1-3-12(11)19-15(20)21/h4-8,12,19H,1-3H2,(H,20,21). The molecular weight excluding hydrogens is 290 g/mol. The first-order chi connectivity index (χ1) is 10.1. The number of carboxylic acid groups (broad SMARTS) is 1. The average Bonchev–Trinajstić information content (AvgIpc) is 2.46. The van der Waals surface area contributed by atoms with Crippen LogP contribution >= 0.6 is 11.6 Å². The first-order valence-corrected chi connectivity index (χ1v) is 7.11. The van der Waals surface area contributed by atoms with Crippen LogP contribution in [0.15, 0.2) is 30.6 Å². The molecule has 1 aromatic heterocycles. The lowest BCUT2D eigenvalue weighted by Crippen LogP contribution is -2.29. The number of nitrogens with one attached hydrogen (secondary N) is 1. The molecule has 0 saturated heterocycles. The van der Waals surface area contributed by atoms with Gasteiger partial charge in [-0.05, 0) is 36.5 Å². The summed E-state index contributed by atoms with van der Waals surface area (Å²) in [5.41, 5.74) is 3.94. The van der Waals surface area contributed by atoms with Gasteiger partial charge in [0.15, 0.2) is 0 Å². The second-order valence-corrected chi connectivity index (χ2v) is 5.42. The molecule has 0 radical (unpaired) electrons. The highest BCUT2D eigenvalue weighted by Gasteiger charge is 2.22. The van der Waals surface area contributed by atoms with Gasteiger partial charge in [-0.15, -0.1) is 0 Å². The van der Waals surface area contributed by atoms with Crippen LogP contribution in [0.4, 0.5) is 4.79 Å². The van der Waals surface area contributed by atoms with Gasteiger partial charge in [0.25, 0.3) is 0 Å². The van der Waals surface area contributed by atoms with Gasteiger partial charge in [0, 0.05) is 11.6 Å². The molecule has 0 fully saturated rings. The van der Waals surface area contributed by atoms with E-state index in [9.17, 15) is 4.79 Å². The van der Waals surface area contributed by atoms with Crippen molar-refractivity contribution in [3.8, 4) is 11.3 Å². The summed E-state index contributed by atoms with van der Waals surface area (Å²) in [5, 5.41) is 11.9. The van der Waals surface area contributed by atoms with E-state index in [2.05, 4.69) is 21.4 Å². The molecule has 1 aliphatic rings. The number of hydrogen-bond donors (Lipinski definition) is 2. The normalized spacial score (nSPS) is 17.1. The molecule has 0 saturated carbocycles. The Morgan fingerprint density at radius 1 is 1.33 bits per heavy atom. The molecule has 108 valence electrons. The number of aromatic nitrogens is 2. The third-order valence-corrected chi connectivity index (χ3v) is 3.89. The number of rotatable bonds is 2. The van der Waals surface area contributed by atoms with Gasteiger partial charge < -0.3 is 10.4 Å². The Hall–Kier alpha value is -2.14. The zero-order valence-electron chi connectivity index (χ0n) is 11.2. The third kappa shape index (κ3) is 2.97. The summed E-state index contributed by atoms with van der Waals surface area (Å²) in [4.78, 5) is 19.0. The van der Waals surface area contributed by atoms with Crippen molar-refractivity contribution in [2.24, 2.45) is 0 Å². The van der Waals surface area contributed by atoms with E-state index in [0.29, 0.717) is 5.15 Å². The second-order valence-electron chi connectivity index (χ2n) is 5.03. The van der Waals surface area contributed by atoms with Gasteiger partial charge in [-0.2, -0.15) is 0 Å². The Balaban J connectivity index is 1.96. The monoisotopic (exact) mass is 303 g/mol. The lowest BCUT2D eigenvalue weighted by Gasteiger charge is -2.25. The maximum absolute atomic E-state index is 10.9. The molecule has 1 heterocycles. The number of fused-ring (bicyclic) bond motifs is 1. The summed E-state index contributed by atoms with van der Waals surface area (Å²) >= 11 is 5.89. The van der Waals surface area contributed by atoms with E-state index in [-0.39, 0.29) is 6.04 Å². The number of halogens is 1. The van der Waals surface area contributed by atoms with Crippen LogP contribution in [0.1, 0.15) is 30.0 Å². The lowest BCUT2D eigenvalue weighted by molar-refractivity contribution is 0.188. The van der Waals surface area contributed by atoms with E-state index in [0.717, 1.165) is 41.6 Å². The van der Waals surface area contributed by atoms with Crippen LogP contribution in [0.5, 0.6) is 0 Å². The molecule has 1 aromatic carbocycles. The van der Waals surface area contributed by atoms with Gasteiger partial charge in [-0.1, -0.05) is 23.7 Å². The Morgan fingerprint density at radius 2 is 2.19 bits per heavy atom. The fourth-order valence-corrected chi connectivity index (χ4v) is 2.91. The van der Waals surface area contributed by atoms with Gasteiger partial charge >= 0.3 is 6.09 Å². The quantitative estimate of drug-likeness (QED) is 0.833. The minimum atomic E-state index is -0.987. The summed E-state index contributed by atoms with van der Waals surface area (Å²) in [5.74, 6) is 0. The molecule has 0 bridgehead atoms. The molecule has 0 aliphatic heterocycles. The van der Waals surface area contributed by atoms with E-state index in [4.69, 9.17) is 16.7 Å². The number of amides is 1. The zero-order valence-corrected chi connectivity index (χ0v) is 12.0. The molecule has 6 heteroatoms. The largest absolute Gasteiger partial charge is 0.465 e.